The van der Waals surface area contributed by atoms with Crippen LogP contribution >= 0.6 is 11.6 Å². The lowest BCUT2D eigenvalue weighted by Gasteiger charge is -2.05. The number of carbonyl (C=O) groups excluding carboxylic acids is 1. The number of hydrogen-bond acceptors (Lipinski definition) is 5. The SMILES string of the molecule is Cc1cc2onc(CC(=O)Nc3ccc(Cl)c([N+](=O)[O-])c3)c2cc1C. The molecule has 1 aromatic heterocycles. The summed E-state index contributed by atoms with van der Waals surface area (Å²) in [4.78, 5) is 22.6. The van der Waals surface area contributed by atoms with Gasteiger partial charge in [0.1, 0.15) is 10.7 Å². The number of aromatic nitrogens is 1. The molecule has 0 saturated carbocycles. The number of halogens is 1. The van der Waals surface area contributed by atoms with E-state index in [2.05, 4.69) is 10.5 Å². The van der Waals surface area contributed by atoms with Crippen molar-refractivity contribution in [2.24, 2.45) is 0 Å². The molecule has 1 heterocycles. The normalized spacial score (nSPS) is 10.8. The second-order valence-corrected chi connectivity index (χ2v) is 6.12. The van der Waals surface area contributed by atoms with E-state index in [1.807, 2.05) is 26.0 Å². The van der Waals surface area contributed by atoms with Crippen LogP contribution in [0.5, 0.6) is 0 Å². The van der Waals surface area contributed by atoms with E-state index in [-0.39, 0.29) is 23.0 Å². The van der Waals surface area contributed by atoms with Gasteiger partial charge in [-0.1, -0.05) is 16.8 Å². The fraction of sp³-hybridized carbons (Fsp3) is 0.176. The van der Waals surface area contributed by atoms with Crippen molar-refractivity contribution in [3.05, 3.63) is 62.3 Å². The minimum absolute atomic E-state index is 0.00801. The zero-order chi connectivity index (χ0) is 18.1. The molecule has 0 aliphatic heterocycles. The molecule has 0 unspecified atom stereocenters. The molecule has 7 nitrogen and oxygen atoms in total. The monoisotopic (exact) mass is 359 g/mol. The zero-order valence-electron chi connectivity index (χ0n) is 13.5. The third-order valence-electron chi connectivity index (χ3n) is 3.92. The Labute approximate surface area is 147 Å². The van der Waals surface area contributed by atoms with Crippen LogP contribution in [0.2, 0.25) is 5.02 Å². The van der Waals surface area contributed by atoms with Crippen molar-refractivity contribution in [2.75, 3.05) is 5.32 Å². The number of anilines is 1. The van der Waals surface area contributed by atoms with E-state index in [9.17, 15) is 14.9 Å². The fourth-order valence-electron chi connectivity index (χ4n) is 2.46. The Balaban J connectivity index is 1.80. The van der Waals surface area contributed by atoms with E-state index in [1.165, 1.54) is 18.2 Å². The molecule has 0 fully saturated rings. The summed E-state index contributed by atoms with van der Waals surface area (Å²) < 4.78 is 5.27. The maximum absolute atomic E-state index is 12.2. The molecule has 3 rings (SSSR count). The topological polar surface area (TPSA) is 98.3 Å². The van der Waals surface area contributed by atoms with E-state index in [0.29, 0.717) is 17.0 Å². The van der Waals surface area contributed by atoms with E-state index < -0.39 is 4.92 Å². The van der Waals surface area contributed by atoms with Gasteiger partial charge in [0.15, 0.2) is 5.58 Å². The van der Waals surface area contributed by atoms with Crippen LogP contribution in [0.25, 0.3) is 11.0 Å². The Hall–Kier alpha value is -2.93. The Kier molecular flexibility index (Phi) is 4.41. The van der Waals surface area contributed by atoms with Gasteiger partial charge in [-0.2, -0.15) is 0 Å². The van der Waals surface area contributed by atoms with Crippen molar-refractivity contribution in [1.29, 1.82) is 0 Å². The summed E-state index contributed by atoms with van der Waals surface area (Å²) in [6.45, 7) is 3.94. The zero-order valence-corrected chi connectivity index (χ0v) is 14.3. The lowest BCUT2D eigenvalue weighted by Crippen LogP contribution is -2.14. The van der Waals surface area contributed by atoms with Gasteiger partial charge in [0, 0.05) is 17.1 Å². The molecule has 2 aromatic carbocycles. The standard InChI is InChI=1S/C17H14ClN3O4/c1-9-5-12-14(20-25-16(12)6-10(9)2)8-17(22)19-11-3-4-13(18)15(7-11)21(23)24/h3-7H,8H2,1-2H3,(H,19,22). The molecular weight excluding hydrogens is 346 g/mol. The predicted octanol–water partition coefficient (Wildman–Crippen LogP) is 4.19. The summed E-state index contributed by atoms with van der Waals surface area (Å²) >= 11 is 5.76. The number of amides is 1. The second kappa shape index (κ2) is 6.52. The Morgan fingerprint density at radius 1 is 1.28 bits per heavy atom. The van der Waals surface area contributed by atoms with Crippen molar-refractivity contribution in [3.63, 3.8) is 0 Å². The van der Waals surface area contributed by atoms with Crippen molar-refractivity contribution in [3.8, 4) is 0 Å². The molecule has 1 amide bonds. The number of benzene rings is 2. The van der Waals surface area contributed by atoms with Gasteiger partial charge in [-0.25, -0.2) is 0 Å². The predicted molar refractivity (Wildman–Crippen MR) is 93.9 cm³/mol. The molecule has 25 heavy (non-hydrogen) atoms. The highest BCUT2D eigenvalue weighted by Gasteiger charge is 2.16. The number of carbonyl (C=O) groups is 1. The summed E-state index contributed by atoms with van der Waals surface area (Å²) in [5, 5.41) is 18.3. The van der Waals surface area contributed by atoms with E-state index in [4.69, 9.17) is 16.1 Å². The molecule has 3 aromatic rings. The Bertz CT molecular complexity index is 997. The maximum atomic E-state index is 12.2. The highest BCUT2D eigenvalue weighted by Crippen LogP contribution is 2.28. The Morgan fingerprint density at radius 3 is 2.72 bits per heavy atom. The number of nitrogens with one attached hydrogen (secondary N) is 1. The van der Waals surface area contributed by atoms with Gasteiger partial charge in [0.2, 0.25) is 5.91 Å². The van der Waals surface area contributed by atoms with Crippen LogP contribution in [-0.2, 0) is 11.2 Å². The molecule has 0 bridgehead atoms. The Morgan fingerprint density at radius 2 is 2.00 bits per heavy atom. The highest BCUT2D eigenvalue weighted by molar-refractivity contribution is 6.32. The second-order valence-electron chi connectivity index (χ2n) is 5.71. The first-order valence-electron chi connectivity index (χ1n) is 7.44. The first-order chi connectivity index (χ1) is 11.8. The van der Waals surface area contributed by atoms with Crippen molar-refractivity contribution < 1.29 is 14.2 Å². The molecule has 0 saturated heterocycles. The minimum atomic E-state index is -0.603. The van der Waals surface area contributed by atoms with Crippen LogP contribution in [0.1, 0.15) is 16.8 Å². The molecule has 0 aliphatic carbocycles. The first-order valence-corrected chi connectivity index (χ1v) is 7.82. The molecule has 0 atom stereocenters. The maximum Gasteiger partial charge on any atom is 0.289 e. The van der Waals surface area contributed by atoms with Gasteiger partial charge in [0.05, 0.1) is 11.3 Å². The van der Waals surface area contributed by atoms with Gasteiger partial charge in [-0.05, 0) is 49.2 Å². The number of hydrogen-bond donors (Lipinski definition) is 1. The average molecular weight is 360 g/mol. The lowest BCUT2D eigenvalue weighted by molar-refractivity contribution is -0.384. The van der Waals surface area contributed by atoms with E-state index in [1.54, 1.807) is 0 Å². The summed E-state index contributed by atoms with van der Waals surface area (Å²) in [6, 6.07) is 7.89. The summed E-state index contributed by atoms with van der Waals surface area (Å²) in [7, 11) is 0. The third kappa shape index (κ3) is 3.46. The van der Waals surface area contributed by atoms with Gasteiger partial charge < -0.3 is 9.84 Å². The van der Waals surface area contributed by atoms with Crippen molar-refractivity contribution >= 4 is 39.9 Å². The number of nitro benzene ring substituents is 1. The van der Waals surface area contributed by atoms with Crippen LogP contribution in [0.4, 0.5) is 11.4 Å². The van der Waals surface area contributed by atoms with Crippen LogP contribution in [0.15, 0.2) is 34.9 Å². The average Bonchev–Trinajstić information content (AvgIpc) is 2.91. The van der Waals surface area contributed by atoms with Crippen molar-refractivity contribution in [2.45, 2.75) is 20.3 Å². The van der Waals surface area contributed by atoms with Crippen LogP contribution in [0.3, 0.4) is 0 Å². The lowest BCUT2D eigenvalue weighted by atomic mass is 10.1. The largest absolute Gasteiger partial charge is 0.356 e. The third-order valence-corrected chi connectivity index (χ3v) is 4.24. The number of nitrogens with zero attached hydrogens (tertiary/aromatic N) is 2. The molecule has 1 N–H and O–H groups in total. The number of nitro groups is 1. The van der Waals surface area contributed by atoms with Crippen LogP contribution in [0, 0.1) is 24.0 Å². The van der Waals surface area contributed by atoms with Gasteiger partial charge in [-0.15, -0.1) is 0 Å². The van der Waals surface area contributed by atoms with Gasteiger partial charge in [-0.3, -0.25) is 14.9 Å². The van der Waals surface area contributed by atoms with Crippen molar-refractivity contribution in [1.82, 2.24) is 5.16 Å². The number of rotatable bonds is 4. The molecule has 8 heteroatoms. The van der Waals surface area contributed by atoms with E-state index >= 15 is 0 Å². The van der Waals surface area contributed by atoms with Gasteiger partial charge in [0.25, 0.3) is 5.69 Å². The quantitative estimate of drug-likeness (QED) is 0.556. The number of aryl methyl sites for hydroxylation is 2. The molecule has 0 aliphatic rings. The first kappa shape index (κ1) is 16.9. The molecule has 0 spiro atoms. The molecule has 128 valence electrons. The summed E-state index contributed by atoms with van der Waals surface area (Å²) in [6.07, 6.45) is -0.00801. The molecular formula is C17H14ClN3O4. The molecule has 0 radical (unpaired) electrons. The van der Waals surface area contributed by atoms with Gasteiger partial charge >= 0.3 is 0 Å². The van der Waals surface area contributed by atoms with Crippen LogP contribution in [-0.4, -0.2) is 16.0 Å². The fourth-order valence-corrected chi connectivity index (χ4v) is 2.65. The minimum Gasteiger partial charge on any atom is -0.356 e. The highest BCUT2D eigenvalue weighted by atomic mass is 35.5. The summed E-state index contributed by atoms with van der Waals surface area (Å²) in [5.41, 5.74) is 3.31. The smallest absolute Gasteiger partial charge is 0.289 e. The summed E-state index contributed by atoms with van der Waals surface area (Å²) in [5.74, 6) is -0.356. The van der Waals surface area contributed by atoms with E-state index in [0.717, 1.165) is 16.5 Å². The number of fused-ring (bicyclic) bond motifs is 1. The van der Waals surface area contributed by atoms with Crippen LogP contribution < -0.4 is 5.32 Å².